The highest BCUT2D eigenvalue weighted by Gasteiger charge is 2.45. The third kappa shape index (κ3) is 3.97. The summed E-state index contributed by atoms with van der Waals surface area (Å²) in [6, 6.07) is 7.48. The van der Waals surface area contributed by atoms with Crippen molar-refractivity contribution < 1.29 is 33.6 Å². The second-order valence-electron chi connectivity index (χ2n) is 7.04. The van der Waals surface area contributed by atoms with Crippen LogP contribution in [0.1, 0.15) is 47.3 Å². The second kappa shape index (κ2) is 9.16. The molecule has 1 N–H and O–H groups in total. The largest absolute Gasteiger partial charge is 0.497 e. The minimum absolute atomic E-state index is 0.278. The fraction of sp³-hybridized carbons (Fsp3) is 0.391. The summed E-state index contributed by atoms with van der Waals surface area (Å²) in [5.74, 6) is -0.610. The number of methoxy groups -OCH3 is 2. The lowest BCUT2D eigenvalue weighted by Crippen LogP contribution is -2.42. The summed E-state index contributed by atoms with van der Waals surface area (Å²) in [6.07, 6.45) is 0. The highest BCUT2D eigenvalue weighted by Crippen LogP contribution is 2.48. The van der Waals surface area contributed by atoms with E-state index in [1.165, 1.54) is 19.1 Å². The number of hydrogen-bond acceptors (Lipinski definition) is 6. The maximum Gasteiger partial charge on any atom is 0.313 e. The van der Waals surface area contributed by atoms with Gasteiger partial charge in [-0.2, -0.15) is 0 Å². The molecule has 0 bridgehead atoms. The summed E-state index contributed by atoms with van der Waals surface area (Å²) in [5.41, 5.74) is 1.19. The molecule has 1 aliphatic heterocycles. The fourth-order valence-electron chi connectivity index (χ4n) is 3.99. The second-order valence-corrected chi connectivity index (χ2v) is 7.04. The third-order valence-electron chi connectivity index (χ3n) is 5.36. The number of hydrogen-bond donors (Lipinski definition) is 1. The van der Waals surface area contributed by atoms with Crippen molar-refractivity contribution in [3.05, 3.63) is 47.0 Å². The van der Waals surface area contributed by atoms with Gasteiger partial charge in [-0.15, -0.1) is 0 Å². The van der Waals surface area contributed by atoms with E-state index in [-0.39, 0.29) is 11.5 Å². The zero-order chi connectivity index (χ0) is 22.7. The molecule has 0 radical (unpaired) electrons. The number of carboxylic acids is 1. The molecule has 2 atom stereocenters. The topological polar surface area (TPSA) is 94.5 Å². The summed E-state index contributed by atoms with van der Waals surface area (Å²) in [7, 11) is 4.61. The number of likely N-dealkylation sites (N-methyl/N-ethyl adjacent to an activating group) is 1. The molecule has 0 saturated carbocycles. The Morgan fingerprint density at radius 1 is 0.968 bits per heavy atom. The van der Waals surface area contributed by atoms with Crippen LogP contribution in [-0.2, 0) is 4.79 Å². The van der Waals surface area contributed by atoms with Crippen LogP contribution in [0.5, 0.6) is 23.0 Å². The quantitative estimate of drug-likeness (QED) is 0.686. The molecule has 1 amide bonds. The standard InChI is InChI=1S/C23H27NO7/c1-6-30-18-11-14-15(12-19(18)31-7-2)22(25)24(3)21(20(14)23(26)27)16-10-13(28-4)8-9-17(16)29-5/h8-12,20-21H,6-7H2,1-5H3,(H,26,27)/t20-,21+/m0/s1. The Morgan fingerprint density at radius 2 is 1.61 bits per heavy atom. The van der Waals surface area contributed by atoms with E-state index >= 15 is 0 Å². The molecule has 8 nitrogen and oxygen atoms in total. The van der Waals surface area contributed by atoms with E-state index in [4.69, 9.17) is 18.9 Å². The van der Waals surface area contributed by atoms with Gasteiger partial charge >= 0.3 is 5.97 Å². The van der Waals surface area contributed by atoms with Gasteiger partial charge in [-0.3, -0.25) is 9.59 Å². The van der Waals surface area contributed by atoms with Crippen LogP contribution in [-0.4, -0.2) is 56.4 Å². The number of nitrogens with zero attached hydrogens (tertiary/aromatic N) is 1. The van der Waals surface area contributed by atoms with Crippen LogP contribution < -0.4 is 18.9 Å². The van der Waals surface area contributed by atoms with Gasteiger partial charge in [-0.1, -0.05) is 0 Å². The molecule has 0 unspecified atom stereocenters. The lowest BCUT2D eigenvalue weighted by Gasteiger charge is -2.39. The van der Waals surface area contributed by atoms with Crippen molar-refractivity contribution in [2.24, 2.45) is 0 Å². The van der Waals surface area contributed by atoms with Crippen molar-refractivity contribution in [1.82, 2.24) is 4.90 Å². The Labute approximate surface area is 181 Å². The maximum atomic E-state index is 13.3. The summed E-state index contributed by atoms with van der Waals surface area (Å²) in [4.78, 5) is 27.2. The van der Waals surface area contributed by atoms with Crippen molar-refractivity contribution >= 4 is 11.9 Å². The smallest absolute Gasteiger partial charge is 0.313 e. The van der Waals surface area contributed by atoms with Crippen molar-refractivity contribution in [1.29, 1.82) is 0 Å². The predicted octanol–water partition coefficient (Wildman–Crippen LogP) is 3.50. The Kier molecular flexibility index (Phi) is 6.58. The number of amides is 1. The van der Waals surface area contributed by atoms with E-state index in [1.54, 1.807) is 37.4 Å². The zero-order valence-electron chi connectivity index (χ0n) is 18.3. The first-order valence-corrected chi connectivity index (χ1v) is 10.0. The molecule has 0 spiro atoms. The van der Waals surface area contributed by atoms with Gasteiger partial charge in [0.2, 0.25) is 0 Å². The highest BCUT2D eigenvalue weighted by atomic mass is 16.5. The number of rotatable bonds is 8. The number of carboxylic acid groups (broad SMARTS) is 1. The Morgan fingerprint density at radius 3 is 2.16 bits per heavy atom. The minimum Gasteiger partial charge on any atom is -0.497 e. The molecule has 1 heterocycles. The molecule has 0 saturated heterocycles. The molecule has 166 valence electrons. The van der Waals surface area contributed by atoms with Crippen molar-refractivity contribution in [2.75, 3.05) is 34.5 Å². The number of aliphatic carboxylic acids is 1. The number of carbonyl (C=O) groups excluding carboxylic acids is 1. The van der Waals surface area contributed by atoms with E-state index in [0.29, 0.717) is 47.3 Å². The van der Waals surface area contributed by atoms with Crippen LogP contribution in [0, 0.1) is 0 Å². The molecule has 2 aromatic carbocycles. The van der Waals surface area contributed by atoms with Gasteiger partial charge in [0, 0.05) is 18.2 Å². The van der Waals surface area contributed by atoms with Gasteiger partial charge in [0.15, 0.2) is 11.5 Å². The summed E-state index contributed by atoms with van der Waals surface area (Å²) < 4.78 is 22.1. The van der Waals surface area contributed by atoms with E-state index in [1.807, 2.05) is 13.8 Å². The molecule has 0 aliphatic carbocycles. The van der Waals surface area contributed by atoms with Crippen LogP contribution in [0.2, 0.25) is 0 Å². The molecule has 0 fully saturated rings. The average Bonchev–Trinajstić information content (AvgIpc) is 2.76. The van der Waals surface area contributed by atoms with Crippen molar-refractivity contribution in [3.8, 4) is 23.0 Å². The number of fused-ring (bicyclic) bond motifs is 1. The van der Waals surface area contributed by atoms with Crippen molar-refractivity contribution in [2.45, 2.75) is 25.8 Å². The van der Waals surface area contributed by atoms with E-state index < -0.39 is 17.9 Å². The highest BCUT2D eigenvalue weighted by molar-refractivity contribution is 6.01. The SMILES string of the molecule is CCOc1cc2c(cc1OCC)[C@H](C(=O)O)[C@@H](c1cc(OC)ccc1OC)N(C)C2=O. The lowest BCUT2D eigenvalue weighted by atomic mass is 9.79. The predicted molar refractivity (Wildman–Crippen MR) is 114 cm³/mol. The van der Waals surface area contributed by atoms with Crippen molar-refractivity contribution in [3.63, 3.8) is 0 Å². The van der Waals surface area contributed by atoms with Gasteiger partial charge < -0.3 is 29.0 Å². The Hall–Kier alpha value is -3.42. The van der Waals surface area contributed by atoms with Gasteiger partial charge in [-0.25, -0.2) is 0 Å². The van der Waals surface area contributed by atoms with Crippen LogP contribution in [0.4, 0.5) is 0 Å². The molecule has 8 heteroatoms. The molecular weight excluding hydrogens is 402 g/mol. The Bertz CT molecular complexity index is 988. The van der Waals surface area contributed by atoms with Crippen LogP contribution in [0.25, 0.3) is 0 Å². The molecule has 1 aliphatic rings. The Balaban J connectivity index is 2.26. The number of carbonyl (C=O) groups is 2. The van der Waals surface area contributed by atoms with Crippen LogP contribution in [0.15, 0.2) is 30.3 Å². The number of ether oxygens (including phenoxy) is 4. The van der Waals surface area contributed by atoms with Gasteiger partial charge in [0.1, 0.15) is 17.4 Å². The summed E-state index contributed by atoms with van der Waals surface area (Å²) in [6.45, 7) is 4.41. The number of benzene rings is 2. The van der Waals surface area contributed by atoms with Gasteiger partial charge in [0.05, 0.1) is 33.5 Å². The lowest BCUT2D eigenvalue weighted by molar-refractivity contribution is -0.140. The minimum atomic E-state index is -1.07. The first-order chi connectivity index (χ1) is 14.9. The van der Waals surface area contributed by atoms with Crippen LogP contribution in [0.3, 0.4) is 0 Å². The normalized spacial score (nSPS) is 17.7. The summed E-state index contributed by atoms with van der Waals surface area (Å²) in [5, 5.41) is 10.2. The maximum absolute atomic E-state index is 13.3. The van der Waals surface area contributed by atoms with Gasteiger partial charge in [-0.05, 0) is 49.7 Å². The first kappa shape index (κ1) is 22.3. The fourth-order valence-corrected chi connectivity index (χ4v) is 3.99. The zero-order valence-corrected chi connectivity index (χ0v) is 18.3. The molecule has 3 rings (SSSR count). The third-order valence-corrected chi connectivity index (χ3v) is 5.36. The van der Waals surface area contributed by atoms with E-state index in [9.17, 15) is 14.7 Å². The molecule has 0 aromatic heterocycles. The van der Waals surface area contributed by atoms with E-state index in [0.717, 1.165) is 0 Å². The van der Waals surface area contributed by atoms with Crippen LogP contribution >= 0.6 is 0 Å². The molecule has 31 heavy (non-hydrogen) atoms. The molecule has 2 aromatic rings. The summed E-state index contributed by atoms with van der Waals surface area (Å²) >= 11 is 0. The monoisotopic (exact) mass is 429 g/mol. The molecular formula is C23H27NO7. The average molecular weight is 429 g/mol. The van der Waals surface area contributed by atoms with E-state index in [2.05, 4.69) is 0 Å². The first-order valence-electron chi connectivity index (χ1n) is 10.0. The van der Waals surface area contributed by atoms with Gasteiger partial charge in [0.25, 0.3) is 5.91 Å².